The lowest BCUT2D eigenvalue weighted by atomic mass is 9.94. The van der Waals surface area contributed by atoms with Crippen LogP contribution in [0.15, 0.2) is 72.9 Å². The Balaban J connectivity index is 2.00. The van der Waals surface area contributed by atoms with Gasteiger partial charge in [0.25, 0.3) is 0 Å². The number of benzene rings is 3. The summed E-state index contributed by atoms with van der Waals surface area (Å²) in [5.41, 5.74) is 9.59. The van der Waals surface area contributed by atoms with Gasteiger partial charge in [0.1, 0.15) is 11.5 Å². The summed E-state index contributed by atoms with van der Waals surface area (Å²) in [6.07, 6.45) is 2.47. The highest BCUT2D eigenvalue weighted by Gasteiger charge is 2.25. The van der Waals surface area contributed by atoms with Crippen molar-refractivity contribution < 1.29 is 23.7 Å². The second-order valence-electron chi connectivity index (χ2n) is 7.33. The van der Waals surface area contributed by atoms with E-state index in [9.17, 15) is 4.79 Å². The van der Waals surface area contributed by atoms with E-state index in [0.717, 1.165) is 17.5 Å². The molecule has 0 aliphatic heterocycles. The predicted molar refractivity (Wildman–Crippen MR) is 131 cm³/mol. The van der Waals surface area contributed by atoms with E-state index in [1.807, 2.05) is 36.4 Å². The summed E-state index contributed by atoms with van der Waals surface area (Å²) in [6.45, 7) is 0. The van der Waals surface area contributed by atoms with E-state index in [-0.39, 0.29) is 0 Å². The first-order valence-corrected chi connectivity index (χ1v) is 10.5. The fourth-order valence-electron chi connectivity index (χ4n) is 3.76. The van der Waals surface area contributed by atoms with Crippen molar-refractivity contribution in [3.8, 4) is 51.1 Å². The van der Waals surface area contributed by atoms with Gasteiger partial charge in [-0.3, -0.25) is 9.78 Å². The Labute approximate surface area is 197 Å². The average molecular weight is 456 g/mol. The molecule has 0 radical (unpaired) electrons. The highest BCUT2D eigenvalue weighted by molar-refractivity contribution is 5.96. The van der Waals surface area contributed by atoms with Gasteiger partial charge in [0.15, 0.2) is 17.8 Å². The van der Waals surface area contributed by atoms with Gasteiger partial charge in [-0.2, -0.15) is 0 Å². The molecule has 0 amide bonds. The highest BCUT2D eigenvalue weighted by Crippen LogP contribution is 2.49. The number of aldehydes is 1. The summed E-state index contributed by atoms with van der Waals surface area (Å²) in [4.78, 5) is 16.6. The van der Waals surface area contributed by atoms with Crippen molar-refractivity contribution in [3.63, 3.8) is 0 Å². The van der Waals surface area contributed by atoms with Crippen LogP contribution in [-0.2, 0) is 0 Å². The number of ether oxygens (including phenoxy) is 4. The molecule has 0 aliphatic rings. The lowest BCUT2D eigenvalue weighted by Gasteiger charge is -2.20. The summed E-state index contributed by atoms with van der Waals surface area (Å²) in [5, 5.41) is 0. The second-order valence-corrected chi connectivity index (χ2v) is 7.33. The Morgan fingerprint density at radius 3 is 2.29 bits per heavy atom. The van der Waals surface area contributed by atoms with Crippen LogP contribution in [0.1, 0.15) is 10.4 Å². The van der Waals surface area contributed by atoms with E-state index in [1.165, 1.54) is 21.3 Å². The van der Waals surface area contributed by atoms with Crippen molar-refractivity contribution in [2.75, 3.05) is 27.1 Å². The topological polar surface area (TPSA) is 92.9 Å². The minimum absolute atomic E-state index is 0.347. The quantitative estimate of drug-likeness (QED) is 0.271. The molecule has 0 aliphatic carbocycles. The first-order valence-electron chi connectivity index (χ1n) is 10.5. The van der Waals surface area contributed by atoms with Gasteiger partial charge in [-0.05, 0) is 48.5 Å². The van der Waals surface area contributed by atoms with Crippen LogP contribution in [-0.4, -0.2) is 32.6 Å². The van der Waals surface area contributed by atoms with Gasteiger partial charge in [-0.1, -0.05) is 12.1 Å². The van der Waals surface area contributed by atoms with Crippen molar-refractivity contribution in [1.82, 2.24) is 4.98 Å². The van der Waals surface area contributed by atoms with Crippen molar-refractivity contribution in [3.05, 3.63) is 78.5 Å². The number of pyridine rings is 1. The number of aromatic nitrogens is 1. The van der Waals surface area contributed by atoms with E-state index in [4.69, 9.17) is 24.7 Å². The molecule has 0 unspecified atom stereocenters. The van der Waals surface area contributed by atoms with E-state index in [2.05, 4.69) is 4.98 Å². The van der Waals surface area contributed by atoms with Gasteiger partial charge >= 0.3 is 0 Å². The van der Waals surface area contributed by atoms with Crippen molar-refractivity contribution in [2.24, 2.45) is 0 Å². The van der Waals surface area contributed by atoms with Gasteiger partial charge in [0.2, 0.25) is 5.75 Å². The van der Waals surface area contributed by atoms with E-state index in [0.29, 0.717) is 51.1 Å². The maximum atomic E-state index is 12.2. The van der Waals surface area contributed by atoms with Crippen LogP contribution in [0.5, 0.6) is 28.7 Å². The lowest BCUT2D eigenvalue weighted by Crippen LogP contribution is -2.02. The molecular weight excluding hydrogens is 432 g/mol. The molecule has 34 heavy (non-hydrogen) atoms. The van der Waals surface area contributed by atoms with Gasteiger partial charge in [0.05, 0.1) is 27.0 Å². The number of carbonyl (C=O) groups is 1. The van der Waals surface area contributed by atoms with Crippen LogP contribution in [0, 0.1) is 0 Å². The van der Waals surface area contributed by atoms with Crippen LogP contribution >= 0.6 is 0 Å². The van der Waals surface area contributed by atoms with Crippen LogP contribution in [0.3, 0.4) is 0 Å². The second kappa shape index (κ2) is 9.95. The fourth-order valence-corrected chi connectivity index (χ4v) is 3.76. The monoisotopic (exact) mass is 456 g/mol. The summed E-state index contributed by atoms with van der Waals surface area (Å²) >= 11 is 0. The number of nitrogen functional groups attached to an aromatic ring is 1. The summed E-state index contributed by atoms with van der Waals surface area (Å²) in [5.74, 6) is 2.14. The minimum Gasteiger partial charge on any atom is -0.493 e. The third-order valence-electron chi connectivity index (χ3n) is 5.28. The normalized spacial score (nSPS) is 10.4. The molecule has 0 spiro atoms. The number of nitrogens with two attached hydrogens (primary N) is 1. The zero-order valence-electron chi connectivity index (χ0n) is 19.1. The molecule has 0 saturated heterocycles. The van der Waals surface area contributed by atoms with Crippen LogP contribution in [0.2, 0.25) is 0 Å². The molecule has 7 nitrogen and oxygen atoms in total. The summed E-state index contributed by atoms with van der Waals surface area (Å²) in [6, 6.07) is 20.0. The summed E-state index contributed by atoms with van der Waals surface area (Å²) in [7, 11) is 4.53. The first-order chi connectivity index (χ1) is 16.6. The molecule has 2 N–H and O–H groups in total. The fraction of sp³-hybridized carbons (Fsp3) is 0.111. The molecule has 7 heteroatoms. The molecule has 1 aromatic heterocycles. The molecule has 4 aromatic rings. The molecule has 0 bridgehead atoms. The van der Waals surface area contributed by atoms with Crippen molar-refractivity contribution in [1.29, 1.82) is 0 Å². The minimum atomic E-state index is 0.347. The number of carbonyl (C=O) groups excluding carboxylic acids is 1. The van der Waals surface area contributed by atoms with Crippen LogP contribution < -0.4 is 24.7 Å². The third kappa shape index (κ3) is 4.36. The van der Waals surface area contributed by atoms with Gasteiger partial charge in [-0.15, -0.1) is 0 Å². The molecule has 172 valence electrons. The van der Waals surface area contributed by atoms with Crippen molar-refractivity contribution >= 4 is 12.0 Å². The van der Waals surface area contributed by atoms with E-state index in [1.54, 1.807) is 36.5 Å². The number of hydrogen-bond donors (Lipinski definition) is 1. The number of hydrogen-bond acceptors (Lipinski definition) is 7. The van der Waals surface area contributed by atoms with E-state index >= 15 is 0 Å². The Morgan fingerprint density at radius 1 is 0.824 bits per heavy atom. The third-order valence-corrected chi connectivity index (χ3v) is 5.28. The SMILES string of the molecule is COc1cc(C=O)c(-c2cc(-c3ccccn3)ccc2Oc2cccc(N)c2)c(OC)c1OC. The zero-order valence-corrected chi connectivity index (χ0v) is 19.1. The largest absolute Gasteiger partial charge is 0.493 e. The first kappa shape index (κ1) is 22.7. The van der Waals surface area contributed by atoms with Crippen molar-refractivity contribution in [2.45, 2.75) is 0 Å². The average Bonchev–Trinajstić information content (AvgIpc) is 2.88. The Bertz CT molecular complexity index is 1320. The number of rotatable bonds is 8. The highest BCUT2D eigenvalue weighted by atomic mass is 16.5. The molecule has 0 saturated carbocycles. The van der Waals surface area contributed by atoms with Crippen LogP contribution in [0.4, 0.5) is 5.69 Å². The standard InChI is InChI=1S/C27H24N2O5/c1-31-24-14-18(16-30)25(27(33-3)26(24)32-2)21-13-17(22-9-4-5-12-29-22)10-11-23(21)34-20-8-6-7-19(28)15-20/h4-16H,28H2,1-3H3. The lowest BCUT2D eigenvalue weighted by molar-refractivity contribution is 0.112. The maximum absolute atomic E-state index is 12.2. The molecule has 0 atom stereocenters. The van der Waals surface area contributed by atoms with E-state index < -0.39 is 0 Å². The molecular formula is C27H24N2O5. The maximum Gasteiger partial charge on any atom is 0.203 e. The predicted octanol–water partition coefficient (Wildman–Crippen LogP) is 5.63. The molecule has 0 fully saturated rings. The van der Waals surface area contributed by atoms with Gasteiger partial charge in [0, 0.05) is 40.2 Å². The number of methoxy groups -OCH3 is 3. The smallest absolute Gasteiger partial charge is 0.203 e. The summed E-state index contributed by atoms with van der Waals surface area (Å²) < 4.78 is 22.9. The zero-order chi connectivity index (χ0) is 24.1. The van der Waals surface area contributed by atoms with Gasteiger partial charge in [-0.25, -0.2) is 0 Å². The molecule has 3 aromatic carbocycles. The number of nitrogens with zero attached hydrogens (tertiary/aromatic N) is 1. The van der Waals surface area contributed by atoms with Gasteiger partial charge < -0.3 is 24.7 Å². The Kier molecular flexibility index (Phi) is 6.64. The number of anilines is 1. The van der Waals surface area contributed by atoms with Crippen LogP contribution in [0.25, 0.3) is 22.4 Å². The molecule has 4 rings (SSSR count). The molecule has 1 heterocycles. The Hall–Kier alpha value is -4.52. The Morgan fingerprint density at radius 2 is 1.65 bits per heavy atom.